The molecule has 0 bridgehead atoms. The van der Waals surface area contributed by atoms with E-state index in [2.05, 4.69) is 17.2 Å². The zero-order valence-corrected chi connectivity index (χ0v) is 12.1. The van der Waals surface area contributed by atoms with Crippen molar-refractivity contribution in [3.05, 3.63) is 18.3 Å². The molecule has 0 fully saturated rings. The van der Waals surface area contributed by atoms with E-state index in [1.807, 2.05) is 18.4 Å². The van der Waals surface area contributed by atoms with Crippen LogP contribution in [0.2, 0.25) is 0 Å². The number of rotatable bonds is 8. The first-order valence-electron chi connectivity index (χ1n) is 6.56. The molecule has 0 aliphatic carbocycles. The number of pyridine rings is 1. The van der Waals surface area contributed by atoms with Crippen molar-refractivity contribution >= 4 is 23.4 Å². The summed E-state index contributed by atoms with van der Waals surface area (Å²) in [4.78, 5) is 15.9. The SMILES string of the molecule is CCCCCCCC(=O)Nc1ccc(SC)nc1. The van der Waals surface area contributed by atoms with Crippen molar-refractivity contribution in [2.24, 2.45) is 0 Å². The van der Waals surface area contributed by atoms with Crippen LogP contribution in [0, 0.1) is 0 Å². The maximum atomic E-state index is 11.7. The Kier molecular flexibility index (Phi) is 7.49. The molecule has 1 N–H and O–H groups in total. The molecule has 18 heavy (non-hydrogen) atoms. The molecule has 1 aromatic heterocycles. The third kappa shape index (κ3) is 6.05. The number of carbonyl (C=O) groups excluding carboxylic acids is 1. The monoisotopic (exact) mass is 266 g/mol. The van der Waals surface area contributed by atoms with Gasteiger partial charge in [0.1, 0.15) is 0 Å². The molecule has 1 amide bonds. The normalized spacial score (nSPS) is 10.3. The van der Waals surface area contributed by atoms with Crippen molar-refractivity contribution in [1.29, 1.82) is 0 Å². The first-order valence-corrected chi connectivity index (χ1v) is 7.78. The van der Waals surface area contributed by atoms with Crippen LogP contribution in [-0.4, -0.2) is 17.1 Å². The lowest BCUT2D eigenvalue weighted by Gasteiger charge is -2.05. The van der Waals surface area contributed by atoms with Gasteiger partial charge < -0.3 is 5.32 Å². The predicted octanol–water partition coefficient (Wildman–Crippen LogP) is 4.10. The molecule has 100 valence electrons. The highest BCUT2D eigenvalue weighted by Gasteiger charge is 2.02. The standard InChI is InChI=1S/C14H22N2OS/c1-3-4-5-6-7-8-13(17)16-12-9-10-14(18-2)15-11-12/h9-11H,3-8H2,1-2H3,(H,16,17). The summed E-state index contributed by atoms with van der Waals surface area (Å²) in [6, 6.07) is 3.81. The molecule has 0 unspecified atom stereocenters. The van der Waals surface area contributed by atoms with Crippen molar-refractivity contribution < 1.29 is 4.79 Å². The van der Waals surface area contributed by atoms with Crippen molar-refractivity contribution in [2.75, 3.05) is 11.6 Å². The van der Waals surface area contributed by atoms with Gasteiger partial charge in [-0.05, 0) is 24.8 Å². The molecule has 4 heteroatoms. The van der Waals surface area contributed by atoms with Gasteiger partial charge in [-0.2, -0.15) is 0 Å². The van der Waals surface area contributed by atoms with E-state index < -0.39 is 0 Å². The summed E-state index contributed by atoms with van der Waals surface area (Å²) in [5.41, 5.74) is 0.784. The fourth-order valence-corrected chi connectivity index (χ4v) is 2.05. The second-order valence-corrected chi connectivity index (χ2v) is 5.13. The Morgan fingerprint density at radius 1 is 1.28 bits per heavy atom. The van der Waals surface area contributed by atoms with Gasteiger partial charge in [0.2, 0.25) is 5.91 Å². The van der Waals surface area contributed by atoms with Crippen molar-refractivity contribution in [1.82, 2.24) is 4.98 Å². The maximum Gasteiger partial charge on any atom is 0.224 e. The molecule has 0 saturated carbocycles. The molecule has 1 heterocycles. The van der Waals surface area contributed by atoms with Crippen LogP contribution in [0.3, 0.4) is 0 Å². The molecular formula is C14H22N2OS. The van der Waals surface area contributed by atoms with Gasteiger partial charge in [0.25, 0.3) is 0 Å². The van der Waals surface area contributed by atoms with Crippen molar-refractivity contribution in [3.63, 3.8) is 0 Å². The first kappa shape index (κ1) is 15.0. The van der Waals surface area contributed by atoms with Crippen LogP contribution < -0.4 is 5.32 Å². The van der Waals surface area contributed by atoms with Gasteiger partial charge >= 0.3 is 0 Å². The number of nitrogens with one attached hydrogen (secondary N) is 1. The Hall–Kier alpha value is -1.03. The van der Waals surface area contributed by atoms with E-state index in [-0.39, 0.29) is 5.91 Å². The van der Waals surface area contributed by atoms with Crippen molar-refractivity contribution in [2.45, 2.75) is 50.5 Å². The number of unbranched alkanes of at least 4 members (excludes halogenated alkanes) is 4. The van der Waals surface area contributed by atoms with Gasteiger partial charge in [0.05, 0.1) is 16.9 Å². The van der Waals surface area contributed by atoms with Crippen LogP contribution in [0.4, 0.5) is 5.69 Å². The summed E-state index contributed by atoms with van der Waals surface area (Å²) >= 11 is 1.59. The predicted molar refractivity (Wildman–Crippen MR) is 78.0 cm³/mol. The van der Waals surface area contributed by atoms with E-state index in [1.54, 1.807) is 18.0 Å². The number of thioether (sulfide) groups is 1. The average molecular weight is 266 g/mol. The molecule has 1 aromatic rings. The van der Waals surface area contributed by atoms with Gasteiger partial charge in [-0.3, -0.25) is 4.79 Å². The van der Waals surface area contributed by atoms with Crippen molar-refractivity contribution in [3.8, 4) is 0 Å². The fourth-order valence-electron chi connectivity index (χ4n) is 1.69. The van der Waals surface area contributed by atoms with E-state index in [0.29, 0.717) is 6.42 Å². The highest BCUT2D eigenvalue weighted by atomic mass is 32.2. The number of amides is 1. The summed E-state index contributed by atoms with van der Waals surface area (Å²) in [7, 11) is 0. The zero-order chi connectivity index (χ0) is 13.2. The summed E-state index contributed by atoms with van der Waals surface area (Å²) in [5.74, 6) is 0.0881. The summed E-state index contributed by atoms with van der Waals surface area (Å²) in [6.07, 6.45) is 10.1. The van der Waals surface area contributed by atoms with Gasteiger partial charge in [-0.25, -0.2) is 4.98 Å². The molecule has 0 aliphatic heterocycles. The van der Waals surface area contributed by atoms with Crippen LogP contribution in [0.5, 0.6) is 0 Å². The van der Waals surface area contributed by atoms with Crippen LogP contribution in [-0.2, 0) is 4.79 Å². The minimum Gasteiger partial charge on any atom is -0.325 e. The Labute approximate surface area is 114 Å². The minimum atomic E-state index is 0.0881. The highest BCUT2D eigenvalue weighted by molar-refractivity contribution is 7.98. The summed E-state index contributed by atoms with van der Waals surface area (Å²) in [5, 5.41) is 3.84. The number of hydrogen-bond donors (Lipinski definition) is 1. The largest absolute Gasteiger partial charge is 0.325 e. The van der Waals surface area contributed by atoms with Crippen LogP contribution in [0.1, 0.15) is 45.4 Å². The second-order valence-electron chi connectivity index (χ2n) is 4.30. The zero-order valence-electron chi connectivity index (χ0n) is 11.2. The smallest absolute Gasteiger partial charge is 0.224 e. The lowest BCUT2D eigenvalue weighted by Crippen LogP contribution is -2.11. The fraction of sp³-hybridized carbons (Fsp3) is 0.571. The number of nitrogens with zero attached hydrogens (tertiary/aromatic N) is 1. The number of anilines is 1. The van der Waals surface area contributed by atoms with E-state index in [1.165, 1.54) is 19.3 Å². The third-order valence-corrected chi connectivity index (χ3v) is 3.40. The lowest BCUT2D eigenvalue weighted by molar-refractivity contribution is -0.116. The van der Waals surface area contributed by atoms with Gasteiger partial charge in [-0.1, -0.05) is 32.6 Å². The molecule has 0 radical (unpaired) electrons. The summed E-state index contributed by atoms with van der Waals surface area (Å²) < 4.78 is 0. The molecule has 1 rings (SSSR count). The second kappa shape index (κ2) is 8.97. The molecule has 0 saturated heterocycles. The van der Waals surface area contributed by atoms with E-state index in [0.717, 1.165) is 23.6 Å². The quantitative estimate of drug-likeness (QED) is 0.569. The van der Waals surface area contributed by atoms with Crippen LogP contribution >= 0.6 is 11.8 Å². The number of carbonyl (C=O) groups is 1. The van der Waals surface area contributed by atoms with E-state index >= 15 is 0 Å². The minimum absolute atomic E-state index is 0.0881. The maximum absolute atomic E-state index is 11.7. The topological polar surface area (TPSA) is 42.0 Å². The van der Waals surface area contributed by atoms with Gasteiger partial charge in [-0.15, -0.1) is 11.8 Å². The van der Waals surface area contributed by atoms with E-state index in [4.69, 9.17) is 0 Å². The lowest BCUT2D eigenvalue weighted by atomic mass is 10.1. The Bertz CT molecular complexity index is 351. The van der Waals surface area contributed by atoms with Gasteiger partial charge in [0, 0.05) is 6.42 Å². The molecule has 0 spiro atoms. The Balaban J connectivity index is 2.22. The third-order valence-electron chi connectivity index (χ3n) is 2.74. The average Bonchev–Trinajstić information content (AvgIpc) is 2.39. The van der Waals surface area contributed by atoms with Gasteiger partial charge in [0.15, 0.2) is 0 Å². The Morgan fingerprint density at radius 2 is 2.06 bits per heavy atom. The molecule has 0 aliphatic rings. The Morgan fingerprint density at radius 3 is 2.67 bits per heavy atom. The first-order chi connectivity index (χ1) is 8.76. The van der Waals surface area contributed by atoms with Crippen LogP contribution in [0.15, 0.2) is 23.4 Å². The molecule has 0 atom stereocenters. The molecular weight excluding hydrogens is 244 g/mol. The van der Waals surface area contributed by atoms with Crippen LogP contribution in [0.25, 0.3) is 0 Å². The van der Waals surface area contributed by atoms with E-state index in [9.17, 15) is 4.79 Å². The number of aromatic nitrogens is 1. The molecule has 3 nitrogen and oxygen atoms in total. The summed E-state index contributed by atoms with van der Waals surface area (Å²) in [6.45, 7) is 2.19. The molecule has 0 aromatic carbocycles. The highest BCUT2D eigenvalue weighted by Crippen LogP contribution is 2.14. The number of hydrogen-bond acceptors (Lipinski definition) is 3.